The van der Waals surface area contributed by atoms with E-state index in [2.05, 4.69) is 43.5 Å². The second-order valence-electron chi connectivity index (χ2n) is 6.35. The van der Waals surface area contributed by atoms with Crippen LogP contribution >= 0.6 is 15.9 Å². The summed E-state index contributed by atoms with van der Waals surface area (Å²) in [6.45, 7) is 0. The van der Waals surface area contributed by atoms with Gasteiger partial charge in [-0.2, -0.15) is 4.98 Å². The van der Waals surface area contributed by atoms with Gasteiger partial charge in [0, 0.05) is 4.47 Å². The van der Waals surface area contributed by atoms with E-state index < -0.39 is 0 Å². The van der Waals surface area contributed by atoms with Crippen molar-refractivity contribution >= 4 is 27.8 Å². The molecule has 2 aromatic carbocycles. The van der Waals surface area contributed by atoms with Crippen molar-refractivity contribution in [2.75, 3.05) is 25.3 Å². The molecule has 1 aromatic heterocycles. The van der Waals surface area contributed by atoms with Crippen LogP contribution in [0.1, 0.15) is 29.6 Å². The fourth-order valence-corrected chi connectivity index (χ4v) is 3.71. The Labute approximate surface area is 165 Å². The van der Waals surface area contributed by atoms with Gasteiger partial charge in [0.1, 0.15) is 0 Å². The molecule has 0 amide bonds. The van der Waals surface area contributed by atoms with E-state index in [0.717, 1.165) is 16.5 Å². The van der Waals surface area contributed by atoms with Gasteiger partial charge < -0.3 is 20.5 Å². The summed E-state index contributed by atoms with van der Waals surface area (Å²) >= 11 is 3.49. The van der Waals surface area contributed by atoms with E-state index in [4.69, 9.17) is 15.2 Å². The van der Waals surface area contributed by atoms with E-state index in [1.165, 1.54) is 5.56 Å². The number of nitrogen functional groups attached to an aromatic ring is 1. The number of hydrogen-bond acceptors (Lipinski definition) is 6. The molecule has 4 rings (SSSR count). The fraction of sp³-hybridized carbons (Fsp3) is 0.263. The lowest BCUT2D eigenvalue weighted by molar-refractivity contribution is 0.352. The first-order valence-electron chi connectivity index (χ1n) is 8.55. The van der Waals surface area contributed by atoms with E-state index in [1.54, 1.807) is 14.2 Å². The third-order valence-electron chi connectivity index (χ3n) is 4.77. The van der Waals surface area contributed by atoms with Gasteiger partial charge in [-0.05, 0) is 41.8 Å². The van der Waals surface area contributed by atoms with E-state index in [9.17, 15) is 0 Å². The highest BCUT2D eigenvalue weighted by molar-refractivity contribution is 9.10. The van der Waals surface area contributed by atoms with Gasteiger partial charge in [0.2, 0.25) is 11.9 Å². The molecule has 1 aliphatic rings. The van der Waals surface area contributed by atoms with Gasteiger partial charge in [-0.3, -0.25) is 0 Å². The number of halogens is 1. The third kappa shape index (κ3) is 3.32. The summed E-state index contributed by atoms with van der Waals surface area (Å²) in [4.78, 5) is 4.35. The molecule has 27 heavy (non-hydrogen) atoms. The quantitative estimate of drug-likeness (QED) is 0.655. The second kappa shape index (κ2) is 7.11. The normalized spacial score (nSPS) is 18.5. The van der Waals surface area contributed by atoms with Crippen LogP contribution in [0.3, 0.4) is 0 Å². The zero-order valence-corrected chi connectivity index (χ0v) is 16.6. The number of fused-ring (bicyclic) bond motifs is 1. The molecule has 3 N–H and O–H groups in total. The van der Waals surface area contributed by atoms with E-state index in [-0.39, 0.29) is 18.0 Å². The molecule has 0 radical (unpaired) electrons. The van der Waals surface area contributed by atoms with Crippen molar-refractivity contribution < 1.29 is 9.47 Å². The maximum Gasteiger partial charge on any atom is 0.241 e. The highest BCUT2D eigenvalue weighted by atomic mass is 79.9. The Kier molecular flexibility index (Phi) is 4.65. The van der Waals surface area contributed by atoms with Crippen LogP contribution in [-0.4, -0.2) is 29.0 Å². The first kappa shape index (κ1) is 17.7. The topological polar surface area (TPSA) is 87.2 Å². The molecule has 0 unspecified atom stereocenters. The van der Waals surface area contributed by atoms with Crippen molar-refractivity contribution in [3.8, 4) is 11.5 Å². The summed E-state index contributed by atoms with van der Waals surface area (Å²) in [5.41, 5.74) is 8.11. The molecule has 1 aliphatic heterocycles. The molecule has 0 bridgehead atoms. The number of hydrogen-bond donors (Lipinski definition) is 2. The monoisotopic (exact) mass is 429 g/mol. The maximum atomic E-state index is 5.87. The molecule has 7 nitrogen and oxygen atoms in total. The molecule has 8 heteroatoms. The Morgan fingerprint density at radius 3 is 2.48 bits per heavy atom. The van der Waals surface area contributed by atoms with Crippen LogP contribution in [-0.2, 0) is 0 Å². The Morgan fingerprint density at radius 2 is 1.78 bits per heavy atom. The third-order valence-corrected chi connectivity index (χ3v) is 5.30. The van der Waals surface area contributed by atoms with Crippen molar-refractivity contribution in [3.63, 3.8) is 0 Å². The lowest BCUT2D eigenvalue weighted by Crippen LogP contribution is -2.28. The van der Waals surface area contributed by atoms with Crippen molar-refractivity contribution in [3.05, 3.63) is 58.1 Å². The zero-order chi connectivity index (χ0) is 19.0. The Balaban J connectivity index is 1.75. The smallest absolute Gasteiger partial charge is 0.241 e. The van der Waals surface area contributed by atoms with Gasteiger partial charge in [-0.1, -0.05) is 34.1 Å². The molecule has 0 saturated carbocycles. The number of anilines is 2. The number of aromatic nitrogens is 3. The Morgan fingerprint density at radius 1 is 1.07 bits per heavy atom. The van der Waals surface area contributed by atoms with Gasteiger partial charge in [0.05, 0.1) is 26.3 Å². The lowest BCUT2D eigenvalue weighted by atomic mass is 9.93. The average molecular weight is 430 g/mol. The van der Waals surface area contributed by atoms with Gasteiger partial charge in [-0.25, -0.2) is 4.68 Å². The minimum absolute atomic E-state index is 0.0282. The van der Waals surface area contributed by atoms with Crippen LogP contribution in [0.4, 0.5) is 11.9 Å². The summed E-state index contributed by atoms with van der Waals surface area (Å²) in [6.07, 6.45) is 0.799. The van der Waals surface area contributed by atoms with Crippen LogP contribution in [0, 0.1) is 0 Å². The Bertz CT molecular complexity index is 957. The number of methoxy groups -OCH3 is 2. The standard InChI is InChI=1S/C19H20BrN5O2/c1-26-16-8-5-12(9-17(16)27-2)15-10-14(11-3-6-13(20)7-4-11)22-19-23-18(21)24-25(15)19/h3-9,14-15H,10H2,1-2H3,(H3,21,22,23,24)/t14-,15-/m1/s1. The fourth-order valence-electron chi connectivity index (χ4n) is 3.45. The van der Waals surface area contributed by atoms with Crippen LogP contribution < -0.4 is 20.5 Å². The summed E-state index contributed by atoms with van der Waals surface area (Å²) in [6, 6.07) is 14.3. The van der Waals surface area contributed by atoms with Crippen molar-refractivity contribution in [2.45, 2.75) is 18.5 Å². The maximum absolute atomic E-state index is 5.87. The molecule has 0 spiro atoms. The highest BCUT2D eigenvalue weighted by Crippen LogP contribution is 2.40. The highest BCUT2D eigenvalue weighted by Gasteiger charge is 2.31. The molecule has 3 aromatic rings. The van der Waals surface area contributed by atoms with Crippen molar-refractivity contribution in [2.24, 2.45) is 0 Å². The van der Waals surface area contributed by atoms with Gasteiger partial charge in [0.25, 0.3) is 0 Å². The summed E-state index contributed by atoms with van der Waals surface area (Å²) in [7, 11) is 3.26. The number of nitrogens with two attached hydrogens (primary N) is 1. The first-order chi connectivity index (χ1) is 13.1. The predicted molar refractivity (Wildman–Crippen MR) is 107 cm³/mol. The van der Waals surface area contributed by atoms with E-state index >= 15 is 0 Å². The van der Waals surface area contributed by atoms with Crippen LogP contribution in [0.25, 0.3) is 0 Å². The molecule has 0 fully saturated rings. The largest absolute Gasteiger partial charge is 0.493 e. The average Bonchev–Trinajstić information content (AvgIpc) is 3.07. The van der Waals surface area contributed by atoms with Gasteiger partial charge in [-0.15, -0.1) is 5.10 Å². The van der Waals surface area contributed by atoms with E-state index in [1.807, 2.05) is 35.0 Å². The lowest BCUT2D eigenvalue weighted by Gasteiger charge is -2.32. The second-order valence-corrected chi connectivity index (χ2v) is 7.27. The van der Waals surface area contributed by atoms with Crippen molar-refractivity contribution in [1.82, 2.24) is 14.8 Å². The molecule has 2 atom stereocenters. The van der Waals surface area contributed by atoms with Crippen LogP contribution in [0.2, 0.25) is 0 Å². The van der Waals surface area contributed by atoms with Crippen LogP contribution in [0.5, 0.6) is 11.5 Å². The predicted octanol–water partition coefficient (Wildman–Crippen LogP) is 3.79. The van der Waals surface area contributed by atoms with Crippen molar-refractivity contribution in [1.29, 1.82) is 0 Å². The van der Waals surface area contributed by atoms with Crippen LogP contribution in [0.15, 0.2) is 46.9 Å². The number of nitrogens with zero attached hydrogens (tertiary/aromatic N) is 3. The SMILES string of the molecule is COc1ccc([C@H]2C[C@H](c3ccc(Br)cc3)Nc3nc(N)nn32)cc1OC. The minimum atomic E-state index is -0.0282. The summed E-state index contributed by atoms with van der Waals surface area (Å²) < 4.78 is 13.7. The number of rotatable bonds is 4. The summed E-state index contributed by atoms with van der Waals surface area (Å²) in [5, 5.41) is 7.83. The zero-order valence-electron chi connectivity index (χ0n) is 15.0. The molecular weight excluding hydrogens is 410 g/mol. The first-order valence-corrected chi connectivity index (χ1v) is 9.34. The van der Waals surface area contributed by atoms with Gasteiger partial charge >= 0.3 is 0 Å². The molecule has 2 heterocycles. The Hall–Kier alpha value is -2.74. The summed E-state index contributed by atoms with van der Waals surface area (Å²) in [5.74, 6) is 2.28. The van der Waals surface area contributed by atoms with E-state index in [0.29, 0.717) is 17.4 Å². The minimum Gasteiger partial charge on any atom is -0.493 e. The molecule has 0 aliphatic carbocycles. The number of benzene rings is 2. The van der Waals surface area contributed by atoms with Gasteiger partial charge in [0.15, 0.2) is 11.5 Å². The molecule has 140 valence electrons. The molecule has 0 saturated heterocycles. The number of ether oxygens (including phenoxy) is 2. The molecular formula is C19H20BrN5O2. The number of nitrogens with one attached hydrogen (secondary N) is 1.